The molecule has 0 aliphatic rings. The van der Waals surface area contributed by atoms with Crippen LogP contribution in [0.2, 0.25) is 0 Å². The molecule has 0 amide bonds. The molecule has 0 bridgehead atoms. The number of benzene rings is 1. The summed E-state index contributed by atoms with van der Waals surface area (Å²) in [5, 5.41) is 0.758. The maximum absolute atomic E-state index is 11.6. The number of carbonyl (C=O) groups excluding carboxylic acids is 1. The van der Waals surface area contributed by atoms with E-state index in [-0.39, 0.29) is 10.8 Å². The van der Waals surface area contributed by atoms with E-state index < -0.39 is 0 Å². The molecule has 1 rings (SSSR count). The van der Waals surface area contributed by atoms with E-state index in [0.29, 0.717) is 12.2 Å². The average Bonchev–Trinajstić information content (AvgIpc) is 2.25. The van der Waals surface area contributed by atoms with Gasteiger partial charge in [0, 0.05) is 5.33 Å². The van der Waals surface area contributed by atoms with Crippen LogP contribution in [0.5, 0.6) is 0 Å². The van der Waals surface area contributed by atoms with Crippen LogP contribution in [-0.4, -0.2) is 22.7 Å². The Morgan fingerprint density at radius 1 is 1.53 bits per heavy atom. The summed E-state index contributed by atoms with van der Waals surface area (Å²) in [5.74, 6) is -0.274. The van der Waals surface area contributed by atoms with Crippen molar-refractivity contribution in [1.82, 2.24) is 0 Å². The molecule has 0 heterocycles. The minimum atomic E-state index is -0.274. The molecule has 0 aliphatic carbocycles. The van der Waals surface area contributed by atoms with Gasteiger partial charge in [0.1, 0.15) is 6.61 Å². The SMILES string of the molecule is Cc1cccc(C(=O)OCC(Br)CBr)c1. The number of esters is 1. The first kappa shape index (κ1) is 12.7. The summed E-state index contributed by atoms with van der Waals surface area (Å²) in [7, 11) is 0. The molecule has 0 fully saturated rings. The Balaban J connectivity index is 2.54. The van der Waals surface area contributed by atoms with Gasteiger partial charge in [0.05, 0.1) is 10.4 Å². The highest BCUT2D eigenvalue weighted by Crippen LogP contribution is 2.08. The molecule has 0 spiro atoms. The highest BCUT2D eigenvalue weighted by Gasteiger charge is 2.09. The predicted molar refractivity (Wildman–Crippen MR) is 68.0 cm³/mol. The number of rotatable bonds is 4. The van der Waals surface area contributed by atoms with Gasteiger partial charge in [-0.25, -0.2) is 4.79 Å². The molecule has 15 heavy (non-hydrogen) atoms. The second kappa shape index (κ2) is 6.28. The first-order valence-corrected chi connectivity index (χ1v) is 6.61. The van der Waals surface area contributed by atoms with E-state index in [1.54, 1.807) is 6.07 Å². The molecule has 1 aromatic carbocycles. The van der Waals surface area contributed by atoms with Crippen molar-refractivity contribution in [3.8, 4) is 0 Å². The third-order valence-corrected chi connectivity index (χ3v) is 4.05. The maximum atomic E-state index is 11.6. The van der Waals surface area contributed by atoms with E-state index in [2.05, 4.69) is 31.9 Å². The van der Waals surface area contributed by atoms with Crippen LogP contribution in [0.3, 0.4) is 0 Å². The summed E-state index contributed by atoms with van der Waals surface area (Å²) in [6, 6.07) is 7.37. The lowest BCUT2D eigenvalue weighted by Crippen LogP contribution is -2.14. The number of alkyl halides is 2. The molecule has 1 unspecified atom stereocenters. The molecule has 4 heteroatoms. The zero-order valence-electron chi connectivity index (χ0n) is 8.37. The lowest BCUT2D eigenvalue weighted by molar-refractivity contribution is 0.0513. The number of ether oxygens (including phenoxy) is 1. The Bertz CT molecular complexity index is 339. The van der Waals surface area contributed by atoms with E-state index in [1.165, 1.54) is 0 Å². The van der Waals surface area contributed by atoms with Gasteiger partial charge in [0.15, 0.2) is 0 Å². The first-order valence-electron chi connectivity index (χ1n) is 4.57. The Morgan fingerprint density at radius 3 is 2.87 bits per heavy atom. The normalized spacial score (nSPS) is 12.2. The van der Waals surface area contributed by atoms with Crippen LogP contribution < -0.4 is 0 Å². The molecule has 0 radical (unpaired) electrons. The summed E-state index contributed by atoms with van der Waals surface area (Å²) >= 11 is 6.66. The summed E-state index contributed by atoms with van der Waals surface area (Å²) < 4.78 is 5.12. The summed E-state index contributed by atoms with van der Waals surface area (Å²) in [6.45, 7) is 2.32. The average molecular weight is 336 g/mol. The van der Waals surface area contributed by atoms with E-state index in [0.717, 1.165) is 10.9 Å². The fourth-order valence-electron chi connectivity index (χ4n) is 1.07. The second-order valence-corrected chi connectivity index (χ2v) is 5.16. The fraction of sp³-hybridized carbons (Fsp3) is 0.364. The van der Waals surface area contributed by atoms with Crippen molar-refractivity contribution in [3.63, 3.8) is 0 Å². The molecule has 0 saturated heterocycles. The van der Waals surface area contributed by atoms with Crippen LogP contribution >= 0.6 is 31.9 Å². The zero-order valence-corrected chi connectivity index (χ0v) is 11.5. The van der Waals surface area contributed by atoms with Gasteiger partial charge in [0.25, 0.3) is 0 Å². The van der Waals surface area contributed by atoms with Crippen molar-refractivity contribution < 1.29 is 9.53 Å². The van der Waals surface area contributed by atoms with Gasteiger partial charge in [-0.2, -0.15) is 0 Å². The predicted octanol–water partition coefficient (Wildman–Crippen LogP) is 3.31. The Hall–Kier alpha value is -0.350. The van der Waals surface area contributed by atoms with E-state index in [9.17, 15) is 4.79 Å². The van der Waals surface area contributed by atoms with Gasteiger partial charge >= 0.3 is 5.97 Å². The molecule has 82 valence electrons. The minimum Gasteiger partial charge on any atom is -0.461 e. The first-order chi connectivity index (χ1) is 7.13. The quantitative estimate of drug-likeness (QED) is 0.623. The molecular formula is C11H12Br2O2. The van der Waals surface area contributed by atoms with Gasteiger partial charge < -0.3 is 4.74 Å². The molecular weight excluding hydrogens is 324 g/mol. The number of hydrogen-bond acceptors (Lipinski definition) is 2. The van der Waals surface area contributed by atoms with Crippen molar-refractivity contribution in [2.24, 2.45) is 0 Å². The molecule has 1 atom stereocenters. The third-order valence-electron chi connectivity index (χ3n) is 1.82. The molecule has 0 aliphatic heterocycles. The number of carbonyl (C=O) groups is 1. The largest absolute Gasteiger partial charge is 0.461 e. The third kappa shape index (κ3) is 4.34. The van der Waals surface area contributed by atoms with Gasteiger partial charge in [-0.05, 0) is 19.1 Å². The second-order valence-electron chi connectivity index (χ2n) is 3.22. The van der Waals surface area contributed by atoms with Crippen molar-refractivity contribution in [2.75, 3.05) is 11.9 Å². The standard InChI is InChI=1S/C11H12Br2O2/c1-8-3-2-4-9(5-8)11(14)15-7-10(13)6-12/h2-5,10H,6-7H2,1H3. The molecule has 0 aromatic heterocycles. The van der Waals surface area contributed by atoms with Crippen molar-refractivity contribution in [3.05, 3.63) is 35.4 Å². The van der Waals surface area contributed by atoms with Crippen LogP contribution in [0.15, 0.2) is 24.3 Å². The van der Waals surface area contributed by atoms with Crippen LogP contribution in [0.4, 0.5) is 0 Å². The topological polar surface area (TPSA) is 26.3 Å². The molecule has 2 nitrogen and oxygen atoms in total. The lowest BCUT2D eigenvalue weighted by Gasteiger charge is -2.07. The van der Waals surface area contributed by atoms with Gasteiger partial charge in [0.2, 0.25) is 0 Å². The van der Waals surface area contributed by atoms with E-state index >= 15 is 0 Å². The van der Waals surface area contributed by atoms with Crippen LogP contribution in [-0.2, 0) is 4.74 Å². The summed E-state index contributed by atoms with van der Waals surface area (Å²) in [5.41, 5.74) is 1.66. The van der Waals surface area contributed by atoms with Gasteiger partial charge in [-0.3, -0.25) is 0 Å². The molecule has 1 aromatic rings. The summed E-state index contributed by atoms with van der Waals surface area (Å²) in [6.07, 6.45) is 0. The van der Waals surface area contributed by atoms with Crippen LogP contribution in [0, 0.1) is 6.92 Å². The number of halogens is 2. The van der Waals surface area contributed by atoms with Crippen LogP contribution in [0.25, 0.3) is 0 Å². The van der Waals surface area contributed by atoms with Crippen LogP contribution in [0.1, 0.15) is 15.9 Å². The van der Waals surface area contributed by atoms with Crippen molar-refractivity contribution >= 4 is 37.8 Å². The highest BCUT2D eigenvalue weighted by molar-refractivity contribution is 9.12. The van der Waals surface area contributed by atoms with Gasteiger partial charge in [-0.15, -0.1) is 0 Å². The van der Waals surface area contributed by atoms with Crippen molar-refractivity contribution in [1.29, 1.82) is 0 Å². The maximum Gasteiger partial charge on any atom is 0.338 e. The molecule has 0 saturated carbocycles. The number of aryl methyl sites for hydroxylation is 1. The fourth-order valence-corrected chi connectivity index (χ4v) is 1.39. The summed E-state index contributed by atoms with van der Waals surface area (Å²) in [4.78, 5) is 11.7. The van der Waals surface area contributed by atoms with E-state index in [1.807, 2.05) is 25.1 Å². The lowest BCUT2D eigenvalue weighted by atomic mass is 10.1. The van der Waals surface area contributed by atoms with Crippen molar-refractivity contribution in [2.45, 2.75) is 11.8 Å². The van der Waals surface area contributed by atoms with Gasteiger partial charge in [-0.1, -0.05) is 49.6 Å². The Kier molecular flexibility index (Phi) is 5.32. The number of hydrogen-bond donors (Lipinski definition) is 0. The molecule has 0 N–H and O–H groups in total. The zero-order chi connectivity index (χ0) is 11.3. The minimum absolute atomic E-state index is 0.159. The highest BCUT2D eigenvalue weighted by atomic mass is 79.9. The Morgan fingerprint density at radius 2 is 2.27 bits per heavy atom. The Labute approximate surface area is 106 Å². The monoisotopic (exact) mass is 334 g/mol. The van der Waals surface area contributed by atoms with E-state index in [4.69, 9.17) is 4.74 Å². The smallest absolute Gasteiger partial charge is 0.338 e.